The number of likely N-dealkylation sites (tertiary alicyclic amines) is 1. The maximum absolute atomic E-state index is 12.1. The number of hydrogen-bond acceptors (Lipinski definition) is 6. The van der Waals surface area contributed by atoms with E-state index < -0.39 is 0 Å². The molecule has 1 aliphatic heterocycles. The maximum atomic E-state index is 12.1. The average Bonchev–Trinajstić information content (AvgIpc) is 2.88. The molecule has 0 aliphatic carbocycles. The third-order valence-electron chi connectivity index (χ3n) is 5.81. The molecule has 0 radical (unpaired) electrons. The van der Waals surface area contributed by atoms with Crippen LogP contribution in [0.2, 0.25) is 0 Å². The number of ether oxygens (including phenoxy) is 1. The van der Waals surface area contributed by atoms with Gasteiger partial charge >= 0.3 is 6.03 Å². The van der Waals surface area contributed by atoms with Gasteiger partial charge in [-0.1, -0.05) is 54.4 Å². The summed E-state index contributed by atoms with van der Waals surface area (Å²) in [5.74, 6) is 1.64. The summed E-state index contributed by atoms with van der Waals surface area (Å²) in [6, 6.07) is 25.8. The molecule has 0 unspecified atom stereocenters. The van der Waals surface area contributed by atoms with Crippen LogP contribution in [0.25, 0.3) is 0 Å². The summed E-state index contributed by atoms with van der Waals surface area (Å²) in [4.78, 5) is 19.8. The number of hydroxylamine groups is 1. The van der Waals surface area contributed by atoms with Gasteiger partial charge in [-0.05, 0) is 60.4 Å². The summed E-state index contributed by atoms with van der Waals surface area (Å²) in [5.41, 5.74) is 5.79. The summed E-state index contributed by atoms with van der Waals surface area (Å²) in [6.07, 6.45) is 3.82. The van der Waals surface area contributed by atoms with Crippen LogP contribution in [-0.2, 0) is 18.0 Å². The van der Waals surface area contributed by atoms with E-state index in [9.17, 15) is 4.79 Å². The Kier molecular flexibility index (Phi) is 9.28. The largest absolute Gasteiger partial charge is 0.457 e. The van der Waals surface area contributed by atoms with Gasteiger partial charge in [-0.25, -0.2) is 10.3 Å². The van der Waals surface area contributed by atoms with E-state index in [1.54, 1.807) is 11.9 Å². The molecule has 1 aliphatic rings. The smallest absolute Gasteiger partial charge is 0.338 e. The van der Waals surface area contributed by atoms with E-state index in [-0.39, 0.29) is 12.1 Å². The van der Waals surface area contributed by atoms with Crippen LogP contribution in [0.5, 0.6) is 11.5 Å². The Labute approximate surface area is 211 Å². The van der Waals surface area contributed by atoms with E-state index in [2.05, 4.69) is 32.6 Å². The van der Waals surface area contributed by atoms with E-state index >= 15 is 0 Å². The molecule has 8 heteroatoms. The summed E-state index contributed by atoms with van der Waals surface area (Å²) in [6.45, 7) is 3.10. The van der Waals surface area contributed by atoms with Gasteiger partial charge in [0.1, 0.15) is 11.5 Å². The molecule has 1 fully saturated rings. The lowest BCUT2D eigenvalue weighted by Gasteiger charge is -2.32. The lowest BCUT2D eigenvalue weighted by atomic mass is 10.0. The second kappa shape index (κ2) is 13.0. The van der Waals surface area contributed by atoms with Crippen molar-refractivity contribution in [3.8, 4) is 11.5 Å². The number of piperidine rings is 1. The Morgan fingerprint density at radius 3 is 2.23 bits per heavy atom. The van der Waals surface area contributed by atoms with Crippen molar-refractivity contribution < 1.29 is 14.4 Å². The second-order valence-corrected chi connectivity index (χ2v) is 9.09. The van der Waals surface area contributed by atoms with Gasteiger partial charge < -0.3 is 14.8 Å². The fraction of sp³-hybridized carbons (Fsp3) is 0.296. The molecule has 0 spiro atoms. The van der Waals surface area contributed by atoms with Crippen LogP contribution in [0.4, 0.5) is 10.5 Å². The summed E-state index contributed by atoms with van der Waals surface area (Å²) in [5, 5.41) is 3.01. The first-order valence-electron chi connectivity index (χ1n) is 11.8. The topological polar surface area (TPSA) is 74.9 Å². The van der Waals surface area contributed by atoms with Gasteiger partial charge in [0.25, 0.3) is 0 Å². The fourth-order valence-corrected chi connectivity index (χ4v) is 4.35. The molecule has 1 saturated heterocycles. The molecule has 4 rings (SSSR count). The van der Waals surface area contributed by atoms with Crippen LogP contribution in [0, 0.1) is 0 Å². The van der Waals surface area contributed by atoms with Crippen molar-refractivity contribution in [2.45, 2.75) is 32.0 Å². The quantitative estimate of drug-likeness (QED) is 0.254. The van der Waals surface area contributed by atoms with Gasteiger partial charge in [0.2, 0.25) is 0 Å². The predicted octanol–water partition coefficient (Wildman–Crippen LogP) is 5.56. The van der Waals surface area contributed by atoms with Crippen molar-refractivity contribution >= 4 is 23.7 Å². The number of anilines is 1. The number of urea groups is 1. The number of rotatable bonds is 10. The first-order chi connectivity index (χ1) is 17.2. The van der Waals surface area contributed by atoms with Crippen LogP contribution in [0.1, 0.15) is 24.0 Å². The molecule has 2 amide bonds. The molecule has 0 aromatic heterocycles. The third-order valence-corrected chi connectivity index (χ3v) is 6.25. The van der Waals surface area contributed by atoms with Crippen molar-refractivity contribution in [3.63, 3.8) is 0 Å². The van der Waals surface area contributed by atoms with E-state index in [0.29, 0.717) is 6.61 Å². The van der Waals surface area contributed by atoms with E-state index in [1.165, 1.54) is 5.56 Å². The molecule has 35 heavy (non-hydrogen) atoms. The average molecular weight is 493 g/mol. The molecule has 3 N–H and O–H groups in total. The minimum Gasteiger partial charge on any atom is -0.457 e. The number of carbonyl (C=O) groups excluding carboxylic acids is 1. The van der Waals surface area contributed by atoms with Crippen molar-refractivity contribution in [3.05, 3.63) is 90.0 Å². The second-order valence-electron chi connectivity index (χ2n) is 8.48. The lowest BCUT2D eigenvalue weighted by Crippen LogP contribution is -2.47. The Balaban J connectivity index is 1.14. The first-order valence-corrected chi connectivity index (χ1v) is 13.0. The number of hydrogen-bond donors (Lipinski definition) is 3. The molecule has 7 nitrogen and oxygen atoms in total. The van der Waals surface area contributed by atoms with Crippen LogP contribution in [-0.4, -0.2) is 36.3 Å². The fourth-order valence-electron chi connectivity index (χ4n) is 3.98. The van der Waals surface area contributed by atoms with Crippen molar-refractivity contribution in [2.24, 2.45) is 0 Å². The zero-order chi connectivity index (χ0) is 24.3. The number of nitrogens with zero attached hydrogens (tertiary/aromatic N) is 1. The van der Waals surface area contributed by atoms with Gasteiger partial charge in [-0.3, -0.25) is 9.74 Å². The van der Waals surface area contributed by atoms with E-state index in [0.717, 1.165) is 55.2 Å². The standard InChI is InChI=1S/C27H32N4O3S/c1-35-30-24-9-13-26(14-10-24)34-25-11-7-21(8-12-25)19-31-17-15-23(16-18-31)28-27(32)29-33-20-22-5-3-2-4-6-22/h2-14,23,30H,15-20H2,1H3,(H2,28,29,32). The highest BCUT2D eigenvalue weighted by Crippen LogP contribution is 2.24. The Bertz CT molecular complexity index is 1040. The Morgan fingerprint density at radius 1 is 0.914 bits per heavy atom. The normalized spacial score (nSPS) is 14.3. The Hall–Kier alpha value is -3.20. The number of amides is 2. The minimum absolute atomic E-state index is 0.153. The van der Waals surface area contributed by atoms with Gasteiger partial charge in [-0.2, -0.15) is 0 Å². The Morgan fingerprint density at radius 2 is 1.57 bits per heavy atom. The van der Waals surface area contributed by atoms with E-state index in [1.807, 2.05) is 73.0 Å². The van der Waals surface area contributed by atoms with Gasteiger partial charge in [0.15, 0.2) is 0 Å². The molecule has 1 heterocycles. The van der Waals surface area contributed by atoms with Crippen molar-refractivity contribution in [1.82, 2.24) is 15.7 Å². The highest BCUT2D eigenvalue weighted by molar-refractivity contribution is 7.99. The van der Waals surface area contributed by atoms with Crippen LogP contribution >= 0.6 is 11.9 Å². The molecule has 0 saturated carbocycles. The predicted molar refractivity (Wildman–Crippen MR) is 141 cm³/mol. The van der Waals surface area contributed by atoms with Gasteiger partial charge in [-0.15, -0.1) is 0 Å². The summed E-state index contributed by atoms with van der Waals surface area (Å²) in [7, 11) is 0. The highest BCUT2D eigenvalue weighted by Gasteiger charge is 2.20. The van der Waals surface area contributed by atoms with Gasteiger partial charge in [0, 0.05) is 37.6 Å². The van der Waals surface area contributed by atoms with Gasteiger partial charge in [0.05, 0.1) is 6.61 Å². The maximum Gasteiger partial charge on any atom is 0.338 e. The lowest BCUT2D eigenvalue weighted by molar-refractivity contribution is 0.0470. The molecule has 0 bridgehead atoms. The summed E-state index contributed by atoms with van der Waals surface area (Å²) < 4.78 is 9.15. The molecule has 3 aromatic rings. The SMILES string of the molecule is CSNc1ccc(Oc2ccc(CN3CCC(NC(=O)NOCc4ccccc4)CC3)cc2)cc1. The molecule has 3 aromatic carbocycles. The van der Waals surface area contributed by atoms with Crippen LogP contribution < -0.4 is 20.3 Å². The minimum atomic E-state index is -0.287. The first kappa shape index (κ1) is 24.9. The zero-order valence-corrected chi connectivity index (χ0v) is 20.7. The van der Waals surface area contributed by atoms with E-state index in [4.69, 9.17) is 9.57 Å². The number of carbonyl (C=O) groups is 1. The third kappa shape index (κ3) is 8.20. The summed E-state index contributed by atoms with van der Waals surface area (Å²) >= 11 is 1.56. The van der Waals surface area contributed by atoms with Crippen molar-refractivity contribution in [2.75, 3.05) is 24.1 Å². The van der Waals surface area contributed by atoms with Crippen LogP contribution in [0.3, 0.4) is 0 Å². The van der Waals surface area contributed by atoms with Crippen molar-refractivity contribution in [1.29, 1.82) is 0 Å². The highest BCUT2D eigenvalue weighted by atomic mass is 32.2. The number of nitrogens with one attached hydrogen (secondary N) is 3. The molecular weight excluding hydrogens is 460 g/mol. The zero-order valence-electron chi connectivity index (χ0n) is 19.9. The number of benzene rings is 3. The van der Waals surface area contributed by atoms with Crippen LogP contribution in [0.15, 0.2) is 78.9 Å². The molecule has 184 valence electrons. The molecule has 0 atom stereocenters. The molecular formula is C27H32N4O3S. The monoisotopic (exact) mass is 492 g/mol.